The van der Waals surface area contributed by atoms with Crippen molar-refractivity contribution in [2.45, 2.75) is 12.6 Å². The van der Waals surface area contributed by atoms with Crippen molar-refractivity contribution in [1.82, 2.24) is 9.80 Å². The van der Waals surface area contributed by atoms with E-state index in [1.165, 1.54) is 17.0 Å². The molecule has 40 heavy (non-hydrogen) atoms. The number of halogens is 1. The van der Waals surface area contributed by atoms with Crippen LogP contribution in [0.25, 0.3) is 11.1 Å². The van der Waals surface area contributed by atoms with E-state index in [0.717, 1.165) is 22.3 Å². The van der Waals surface area contributed by atoms with Crippen LogP contribution in [-0.2, 0) is 11.3 Å². The molecule has 0 aromatic heterocycles. The first-order valence-corrected chi connectivity index (χ1v) is 13.1. The van der Waals surface area contributed by atoms with E-state index < -0.39 is 6.04 Å². The Bertz CT molecular complexity index is 1510. The summed E-state index contributed by atoms with van der Waals surface area (Å²) in [6.07, 6.45) is 3.81. The van der Waals surface area contributed by atoms with Crippen molar-refractivity contribution in [2.24, 2.45) is 0 Å². The van der Waals surface area contributed by atoms with Crippen LogP contribution in [0, 0.1) is 5.82 Å². The normalized spacial score (nSPS) is 16.1. The van der Waals surface area contributed by atoms with Crippen LogP contribution in [0.2, 0.25) is 0 Å². The standard InChI is InChI=1S/C33H30FN3O3/c1-40-31-16-8-6-13-28(31)30-15-9-21-36(23-32(38)37(30)22-24-17-19-26(34)20-18-24)33(39)35-29-14-7-5-12-27(29)25-10-3-2-4-11-25/h2-20,30H,21-23H2,1H3,(H,35,39)/b15-9-. The second-order valence-electron chi connectivity index (χ2n) is 9.49. The Morgan fingerprint density at radius 1 is 0.925 bits per heavy atom. The molecule has 0 radical (unpaired) electrons. The second kappa shape index (κ2) is 12.3. The van der Waals surface area contributed by atoms with E-state index in [-0.39, 0.29) is 37.4 Å². The molecule has 5 rings (SSSR count). The van der Waals surface area contributed by atoms with Crippen molar-refractivity contribution < 1.29 is 18.7 Å². The molecule has 3 amide bonds. The van der Waals surface area contributed by atoms with E-state index in [0.29, 0.717) is 11.4 Å². The maximum atomic E-state index is 13.8. The van der Waals surface area contributed by atoms with Crippen molar-refractivity contribution in [1.29, 1.82) is 0 Å². The smallest absolute Gasteiger partial charge is 0.322 e. The number of carbonyl (C=O) groups is 2. The van der Waals surface area contributed by atoms with Crippen molar-refractivity contribution in [3.05, 3.63) is 132 Å². The number of hydrogen-bond donors (Lipinski definition) is 1. The minimum Gasteiger partial charge on any atom is -0.496 e. The van der Waals surface area contributed by atoms with E-state index in [1.807, 2.05) is 91.0 Å². The third kappa shape index (κ3) is 6.04. The third-order valence-corrected chi connectivity index (χ3v) is 6.89. The molecule has 0 saturated heterocycles. The molecule has 1 unspecified atom stereocenters. The van der Waals surface area contributed by atoms with Crippen LogP contribution in [0.4, 0.5) is 14.9 Å². The van der Waals surface area contributed by atoms with E-state index in [4.69, 9.17) is 4.74 Å². The molecule has 4 aromatic rings. The van der Waals surface area contributed by atoms with Gasteiger partial charge in [0.1, 0.15) is 18.1 Å². The Labute approximate surface area is 233 Å². The summed E-state index contributed by atoms with van der Waals surface area (Å²) in [6, 6.07) is 30.2. The number of carbonyl (C=O) groups excluding carboxylic acids is 2. The average Bonchev–Trinajstić information content (AvgIpc) is 2.98. The maximum absolute atomic E-state index is 13.8. The molecule has 1 heterocycles. The fourth-order valence-electron chi connectivity index (χ4n) is 4.86. The molecule has 7 heteroatoms. The van der Waals surface area contributed by atoms with Crippen LogP contribution < -0.4 is 10.1 Å². The number of amides is 3. The monoisotopic (exact) mass is 535 g/mol. The molecule has 4 aromatic carbocycles. The molecule has 1 aliphatic rings. The molecule has 0 bridgehead atoms. The molecule has 0 fully saturated rings. The SMILES string of the molecule is COc1ccccc1C1/C=C\CN(C(=O)Nc2ccccc2-c2ccccc2)CC(=O)N1Cc1ccc(F)cc1. The summed E-state index contributed by atoms with van der Waals surface area (Å²) in [7, 11) is 1.59. The van der Waals surface area contributed by atoms with Gasteiger partial charge in [-0.15, -0.1) is 0 Å². The van der Waals surface area contributed by atoms with Gasteiger partial charge in [0, 0.05) is 24.2 Å². The molecule has 1 N–H and O–H groups in total. The highest BCUT2D eigenvalue weighted by atomic mass is 19.1. The fraction of sp³-hybridized carbons (Fsp3) is 0.152. The molecule has 6 nitrogen and oxygen atoms in total. The molecule has 0 saturated carbocycles. The predicted molar refractivity (Wildman–Crippen MR) is 154 cm³/mol. The van der Waals surface area contributed by atoms with Crippen molar-refractivity contribution in [2.75, 3.05) is 25.5 Å². The van der Waals surface area contributed by atoms with Gasteiger partial charge in [-0.2, -0.15) is 0 Å². The number of nitrogens with one attached hydrogen (secondary N) is 1. The lowest BCUT2D eigenvalue weighted by Crippen LogP contribution is -2.46. The van der Waals surface area contributed by atoms with Crippen molar-refractivity contribution in [3.63, 3.8) is 0 Å². The van der Waals surface area contributed by atoms with E-state index >= 15 is 0 Å². The number of benzene rings is 4. The van der Waals surface area contributed by atoms with Gasteiger partial charge in [0.15, 0.2) is 0 Å². The summed E-state index contributed by atoms with van der Waals surface area (Å²) in [5, 5.41) is 3.00. The lowest BCUT2D eigenvalue weighted by molar-refractivity contribution is -0.134. The first-order chi connectivity index (χ1) is 19.5. The molecule has 202 valence electrons. The number of nitrogens with zero attached hydrogens (tertiary/aromatic N) is 2. The van der Waals surface area contributed by atoms with Gasteiger partial charge in [0.25, 0.3) is 0 Å². The second-order valence-corrected chi connectivity index (χ2v) is 9.49. The molecule has 0 spiro atoms. The van der Waals surface area contributed by atoms with E-state index in [1.54, 1.807) is 24.1 Å². The maximum Gasteiger partial charge on any atom is 0.322 e. The van der Waals surface area contributed by atoms with Crippen LogP contribution in [-0.4, -0.2) is 41.9 Å². The minimum atomic E-state index is -0.433. The lowest BCUT2D eigenvalue weighted by Gasteiger charge is -2.35. The van der Waals surface area contributed by atoms with Gasteiger partial charge in [0.05, 0.1) is 18.8 Å². The number of hydrogen-bond acceptors (Lipinski definition) is 3. The third-order valence-electron chi connectivity index (χ3n) is 6.89. The topological polar surface area (TPSA) is 61.9 Å². The fourth-order valence-corrected chi connectivity index (χ4v) is 4.86. The van der Waals surface area contributed by atoms with Crippen LogP contribution in [0.1, 0.15) is 17.2 Å². The summed E-state index contributed by atoms with van der Waals surface area (Å²) in [6.45, 7) is 0.357. The number of para-hydroxylation sites is 2. The zero-order valence-corrected chi connectivity index (χ0v) is 22.2. The van der Waals surface area contributed by atoms with Gasteiger partial charge < -0.3 is 19.9 Å². The summed E-state index contributed by atoms with van der Waals surface area (Å²) >= 11 is 0. The zero-order chi connectivity index (χ0) is 27.9. The van der Waals surface area contributed by atoms with Crippen molar-refractivity contribution >= 4 is 17.6 Å². The Hall–Kier alpha value is -4.91. The van der Waals surface area contributed by atoms with Gasteiger partial charge in [0.2, 0.25) is 5.91 Å². The van der Waals surface area contributed by atoms with E-state index in [9.17, 15) is 14.0 Å². The molecular weight excluding hydrogens is 505 g/mol. The zero-order valence-electron chi connectivity index (χ0n) is 22.2. The highest BCUT2D eigenvalue weighted by Crippen LogP contribution is 2.33. The molecule has 1 atom stereocenters. The molecule has 1 aliphatic heterocycles. The average molecular weight is 536 g/mol. The number of urea groups is 1. The molecule has 0 aliphatic carbocycles. The largest absolute Gasteiger partial charge is 0.496 e. The lowest BCUT2D eigenvalue weighted by atomic mass is 10.0. The summed E-state index contributed by atoms with van der Waals surface area (Å²) < 4.78 is 19.2. The van der Waals surface area contributed by atoms with Gasteiger partial charge in [-0.05, 0) is 35.4 Å². The summed E-state index contributed by atoms with van der Waals surface area (Å²) in [5.74, 6) is 0.0698. The first kappa shape index (κ1) is 26.7. The Morgan fingerprint density at radius 2 is 1.62 bits per heavy atom. The van der Waals surface area contributed by atoms with Crippen molar-refractivity contribution in [3.8, 4) is 16.9 Å². The predicted octanol–water partition coefficient (Wildman–Crippen LogP) is 6.68. The number of ether oxygens (including phenoxy) is 1. The first-order valence-electron chi connectivity index (χ1n) is 13.1. The van der Waals surface area contributed by atoms with Crippen LogP contribution >= 0.6 is 0 Å². The highest BCUT2D eigenvalue weighted by molar-refractivity contribution is 5.96. The Morgan fingerprint density at radius 3 is 2.40 bits per heavy atom. The van der Waals surface area contributed by atoms with Crippen LogP contribution in [0.3, 0.4) is 0 Å². The van der Waals surface area contributed by atoms with Crippen LogP contribution in [0.5, 0.6) is 5.75 Å². The van der Waals surface area contributed by atoms with Gasteiger partial charge in [-0.1, -0.05) is 91.0 Å². The number of anilines is 1. The van der Waals surface area contributed by atoms with Gasteiger partial charge >= 0.3 is 6.03 Å². The minimum absolute atomic E-state index is 0.128. The molecular formula is C33H30FN3O3. The highest BCUT2D eigenvalue weighted by Gasteiger charge is 2.30. The Kier molecular flexibility index (Phi) is 8.21. The van der Waals surface area contributed by atoms with E-state index in [2.05, 4.69) is 5.32 Å². The number of rotatable bonds is 6. The van der Waals surface area contributed by atoms with Crippen LogP contribution in [0.15, 0.2) is 115 Å². The number of methoxy groups -OCH3 is 1. The summed E-state index contributed by atoms with van der Waals surface area (Å²) in [5.41, 5.74) is 4.13. The Balaban J connectivity index is 1.43. The summed E-state index contributed by atoms with van der Waals surface area (Å²) in [4.78, 5) is 30.5. The van der Waals surface area contributed by atoms with Gasteiger partial charge in [-0.25, -0.2) is 9.18 Å². The quantitative estimate of drug-likeness (QED) is 0.280. The van der Waals surface area contributed by atoms with Gasteiger partial charge in [-0.3, -0.25) is 4.79 Å².